The summed E-state index contributed by atoms with van der Waals surface area (Å²) in [5, 5.41) is 1.99. The van der Waals surface area contributed by atoms with Gasteiger partial charge < -0.3 is 10.5 Å². The molecule has 1 heterocycles. The molecule has 1 aliphatic heterocycles. The Balaban J connectivity index is 1.67. The van der Waals surface area contributed by atoms with Crippen molar-refractivity contribution in [2.45, 2.75) is 25.7 Å². The van der Waals surface area contributed by atoms with Gasteiger partial charge in [0, 0.05) is 13.1 Å². The minimum Gasteiger partial charge on any atom is -0.491 e. The second-order valence-corrected chi connectivity index (χ2v) is 4.72. The highest BCUT2D eigenvalue weighted by Crippen LogP contribution is 2.19. The van der Waals surface area contributed by atoms with E-state index in [9.17, 15) is 4.79 Å². The van der Waals surface area contributed by atoms with Gasteiger partial charge in [-0.2, -0.15) is 0 Å². The van der Waals surface area contributed by atoms with Crippen molar-refractivity contribution < 1.29 is 9.53 Å². The topological polar surface area (TPSA) is 67.6 Å². The number of hydrazine groups is 1. The largest absolute Gasteiger partial charge is 0.491 e. The van der Waals surface area contributed by atoms with Crippen LogP contribution < -0.4 is 15.9 Å². The molecule has 1 amide bonds. The fourth-order valence-corrected chi connectivity index (χ4v) is 2.10. The van der Waals surface area contributed by atoms with Crippen molar-refractivity contribution >= 4 is 11.6 Å². The number of nitrogens with two attached hydrogens (primary N) is 1. The summed E-state index contributed by atoms with van der Waals surface area (Å²) in [4.78, 5) is 11.7. The molecule has 1 aliphatic rings. The molecule has 0 aromatic heterocycles. The number of piperidine rings is 1. The van der Waals surface area contributed by atoms with Crippen molar-refractivity contribution in [2.24, 2.45) is 0 Å². The average Bonchev–Trinajstić information content (AvgIpc) is 2.42. The Labute approximate surface area is 113 Å². The van der Waals surface area contributed by atoms with E-state index in [0.29, 0.717) is 24.5 Å². The fraction of sp³-hybridized carbons (Fsp3) is 0.500. The highest BCUT2D eigenvalue weighted by Gasteiger charge is 2.12. The number of anilines is 1. The summed E-state index contributed by atoms with van der Waals surface area (Å²) in [7, 11) is 0. The van der Waals surface area contributed by atoms with Gasteiger partial charge in [-0.05, 0) is 25.0 Å². The van der Waals surface area contributed by atoms with Gasteiger partial charge in [-0.25, -0.2) is 5.01 Å². The molecule has 5 nitrogen and oxygen atoms in total. The Bertz CT molecular complexity index is 417. The van der Waals surface area contributed by atoms with Crippen LogP contribution in [0.3, 0.4) is 0 Å². The zero-order valence-corrected chi connectivity index (χ0v) is 11.1. The van der Waals surface area contributed by atoms with E-state index in [-0.39, 0.29) is 5.91 Å². The van der Waals surface area contributed by atoms with Crippen LogP contribution in [0.1, 0.15) is 25.7 Å². The lowest BCUT2D eigenvalue weighted by Crippen LogP contribution is -2.45. The molecule has 0 radical (unpaired) electrons. The standard InChI is InChI=1S/C14H21N3O2/c15-12-6-2-3-7-13(12)19-11-8-14(18)16-17-9-4-1-5-10-17/h2-3,6-7H,1,4-5,8-11,15H2,(H,16,18). The third kappa shape index (κ3) is 4.44. The minimum absolute atomic E-state index is 0.00333. The van der Waals surface area contributed by atoms with Crippen molar-refractivity contribution in [1.29, 1.82) is 0 Å². The van der Waals surface area contributed by atoms with E-state index >= 15 is 0 Å². The number of carbonyl (C=O) groups excluding carboxylic acids is 1. The molecular formula is C14H21N3O2. The Morgan fingerprint density at radius 1 is 1.26 bits per heavy atom. The Hall–Kier alpha value is -1.75. The maximum absolute atomic E-state index is 11.7. The van der Waals surface area contributed by atoms with Crippen LogP contribution in [-0.2, 0) is 4.79 Å². The van der Waals surface area contributed by atoms with Gasteiger partial charge in [0.2, 0.25) is 5.91 Å². The smallest absolute Gasteiger partial charge is 0.237 e. The first-order valence-corrected chi connectivity index (χ1v) is 6.77. The first kappa shape index (κ1) is 13.7. The van der Waals surface area contributed by atoms with Crippen LogP contribution in [0.4, 0.5) is 5.69 Å². The zero-order chi connectivity index (χ0) is 13.5. The quantitative estimate of drug-likeness (QED) is 0.791. The second kappa shape index (κ2) is 6.99. The third-order valence-electron chi connectivity index (χ3n) is 3.14. The van der Waals surface area contributed by atoms with E-state index < -0.39 is 0 Å². The molecule has 3 N–H and O–H groups in total. The summed E-state index contributed by atoms with van der Waals surface area (Å²) >= 11 is 0. The van der Waals surface area contributed by atoms with Gasteiger partial charge in [0.25, 0.3) is 0 Å². The first-order chi connectivity index (χ1) is 9.25. The van der Waals surface area contributed by atoms with Crippen molar-refractivity contribution in [3.63, 3.8) is 0 Å². The monoisotopic (exact) mass is 263 g/mol. The van der Waals surface area contributed by atoms with E-state index in [0.717, 1.165) is 25.9 Å². The number of hydrogen-bond acceptors (Lipinski definition) is 4. The lowest BCUT2D eigenvalue weighted by atomic mass is 10.2. The lowest BCUT2D eigenvalue weighted by Gasteiger charge is -2.26. The number of rotatable bonds is 5. The van der Waals surface area contributed by atoms with Crippen LogP contribution in [0, 0.1) is 0 Å². The molecule has 2 rings (SSSR count). The number of nitrogen functional groups attached to an aromatic ring is 1. The summed E-state index contributed by atoms with van der Waals surface area (Å²) in [6.07, 6.45) is 3.89. The summed E-state index contributed by atoms with van der Waals surface area (Å²) in [6.45, 7) is 2.23. The number of amides is 1. The van der Waals surface area contributed by atoms with Gasteiger partial charge in [0.1, 0.15) is 5.75 Å². The number of carbonyl (C=O) groups is 1. The molecule has 5 heteroatoms. The Morgan fingerprint density at radius 3 is 2.74 bits per heavy atom. The fourth-order valence-electron chi connectivity index (χ4n) is 2.10. The number of hydrogen-bond donors (Lipinski definition) is 2. The molecule has 0 aliphatic carbocycles. The van der Waals surface area contributed by atoms with Gasteiger partial charge in [-0.15, -0.1) is 0 Å². The molecular weight excluding hydrogens is 242 g/mol. The van der Waals surface area contributed by atoms with Gasteiger partial charge in [0.05, 0.1) is 18.7 Å². The number of nitrogens with one attached hydrogen (secondary N) is 1. The third-order valence-corrected chi connectivity index (χ3v) is 3.14. The van der Waals surface area contributed by atoms with Crippen molar-refractivity contribution in [3.8, 4) is 5.75 Å². The van der Waals surface area contributed by atoms with Gasteiger partial charge in [0.15, 0.2) is 0 Å². The van der Waals surface area contributed by atoms with Gasteiger partial charge in [-0.1, -0.05) is 18.6 Å². The zero-order valence-electron chi connectivity index (χ0n) is 11.1. The van der Waals surface area contributed by atoms with Crippen LogP contribution in [0.2, 0.25) is 0 Å². The molecule has 1 fully saturated rings. The molecule has 0 saturated carbocycles. The molecule has 104 valence electrons. The predicted octanol–water partition coefficient (Wildman–Crippen LogP) is 1.55. The van der Waals surface area contributed by atoms with E-state index in [1.165, 1.54) is 6.42 Å². The first-order valence-electron chi connectivity index (χ1n) is 6.77. The Kier molecular flexibility index (Phi) is 5.03. The Morgan fingerprint density at radius 2 is 2.00 bits per heavy atom. The summed E-state index contributed by atoms with van der Waals surface area (Å²) < 4.78 is 5.49. The van der Waals surface area contributed by atoms with E-state index in [1.54, 1.807) is 12.1 Å². The molecule has 0 atom stereocenters. The maximum atomic E-state index is 11.7. The highest BCUT2D eigenvalue weighted by atomic mass is 16.5. The van der Waals surface area contributed by atoms with Crippen molar-refractivity contribution in [2.75, 3.05) is 25.4 Å². The summed E-state index contributed by atoms with van der Waals surface area (Å²) in [6, 6.07) is 7.30. The van der Waals surface area contributed by atoms with Gasteiger partial charge >= 0.3 is 0 Å². The van der Waals surface area contributed by atoms with Crippen LogP contribution in [0.5, 0.6) is 5.75 Å². The van der Waals surface area contributed by atoms with Crippen molar-refractivity contribution in [1.82, 2.24) is 10.4 Å². The number of benzene rings is 1. The van der Waals surface area contributed by atoms with Crippen molar-refractivity contribution in [3.05, 3.63) is 24.3 Å². The molecule has 19 heavy (non-hydrogen) atoms. The van der Waals surface area contributed by atoms with Crippen LogP contribution >= 0.6 is 0 Å². The van der Waals surface area contributed by atoms with Crippen LogP contribution in [-0.4, -0.2) is 30.6 Å². The predicted molar refractivity (Wildman–Crippen MR) is 74.5 cm³/mol. The number of para-hydroxylation sites is 2. The lowest BCUT2D eigenvalue weighted by molar-refractivity contribution is -0.126. The summed E-state index contributed by atoms with van der Waals surface area (Å²) in [5.74, 6) is 0.629. The normalized spacial score (nSPS) is 16.0. The molecule has 0 spiro atoms. The SMILES string of the molecule is Nc1ccccc1OCCC(=O)NN1CCCCC1. The molecule has 1 aromatic rings. The van der Waals surface area contributed by atoms with E-state index in [2.05, 4.69) is 5.43 Å². The number of nitrogens with zero attached hydrogens (tertiary/aromatic N) is 1. The summed E-state index contributed by atoms with van der Waals surface area (Å²) in [5.41, 5.74) is 9.25. The molecule has 0 bridgehead atoms. The van der Waals surface area contributed by atoms with E-state index in [1.807, 2.05) is 17.1 Å². The highest BCUT2D eigenvalue weighted by molar-refractivity contribution is 5.75. The minimum atomic E-state index is -0.00333. The van der Waals surface area contributed by atoms with E-state index in [4.69, 9.17) is 10.5 Å². The number of ether oxygens (including phenoxy) is 1. The van der Waals surface area contributed by atoms with Gasteiger partial charge in [-0.3, -0.25) is 10.2 Å². The maximum Gasteiger partial charge on any atom is 0.237 e. The second-order valence-electron chi connectivity index (χ2n) is 4.72. The van der Waals surface area contributed by atoms with Crippen LogP contribution in [0.25, 0.3) is 0 Å². The molecule has 1 saturated heterocycles. The molecule has 1 aromatic carbocycles. The average molecular weight is 263 g/mol. The molecule has 0 unspecified atom stereocenters. The van der Waals surface area contributed by atoms with Crippen LogP contribution in [0.15, 0.2) is 24.3 Å².